The van der Waals surface area contributed by atoms with Crippen LogP contribution in [0, 0.1) is 0 Å². The highest BCUT2D eigenvalue weighted by atomic mass is 32.2. The van der Waals surface area contributed by atoms with Gasteiger partial charge in [-0.15, -0.1) is 0 Å². The van der Waals surface area contributed by atoms with Crippen LogP contribution in [-0.4, -0.2) is 33.0 Å². The van der Waals surface area contributed by atoms with Gasteiger partial charge in [0.15, 0.2) is 0 Å². The molecule has 140 valence electrons. The van der Waals surface area contributed by atoms with Gasteiger partial charge in [0.25, 0.3) is 5.91 Å². The number of hydrogen-bond donors (Lipinski definition) is 2. The van der Waals surface area contributed by atoms with Gasteiger partial charge >= 0.3 is 0 Å². The lowest BCUT2D eigenvalue weighted by molar-refractivity contribution is 0.0954. The first-order valence-electron chi connectivity index (χ1n) is 8.20. The lowest BCUT2D eigenvalue weighted by Gasteiger charge is -2.07. The zero-order valence-electron chi connectivity index (χ0n) is 14.7. The lowest BCUT2D eigenvalue weighted by Crippen LogP contribution is -2.25. The van der Waals surface area contributed by atoms with Gasteiger partial charge in [-0.2, -0.15) is 0 Å². The van der Waals surface area contributed by atoms with Crippen LogP contribution in [0.15, 0.2) is 59.6 Å². The minimum Gasteiger partial charge on any atom is -0.497 e. The Morgan fingerprint density at radius 1 is 1.15 bits per heavy atom. The van der Waals surface area contributed by atoms with Crippen molar-refractivity contribution in [2.45, 2.75) is 11.3 Å². The number of aromatic nitrogens is 1. The van der Waals surface area contributed by atoms with Crippen LogP contribution < -0.4 is 15.2 Å². The van der Waals surface area contributed by atoms with Gasteiger partial charge in [0.05, 0.1) is 23.1 Å². The molecule has 0 aliphatic carbocycles. The molecule has 8 heteroatoms. The number of nitrogens with one attached hydrogen (secondary N) is 1. The van der Waals surface area contributed by atoms with Gasteiger partial charge < -0.3 is 10.1 Å². The minimum absolute atomic E-state index is 0.0629. The third-order valence-electron chi connectivity index (χ3n) is 4.10. The number of primary sulfonamides is 1. The standard InChI is InChI=1S/C19H19N3O4S/c1-26-16-4-7-18-14(11-16)10-15(12-22-18)19(23)21-9-8-13-2-5-17(6-3-13)27(20,24)25/h2-7,10-12H,8-9H2,1H3,(H,21,23)(H2,20,24,25). The number of ether oxygens (including phenoxy) is 1. The van der Waals surface area contributed by atoms with Crippen molar-refractivity contribution in [2.24, 2.45) is 5.14 Å². The van der Waals surface area contributed by atoms with Crippen LogP contribution in [0.4, 0.5) is 0 Å². The van der Waals surface area contributed by atoms with Gasteiger partial charge in [0.1, 0.15) is 5.75 Å². The predicted octanol–water partition coefficient (Wildman–Crippen LogP) is 1.86. The van der Waals surface area contributed by atoms with Crippen LogP contribution in [-0.2, 0) is 16.4 Å². The number of fused-ring (bicyclic) bond motifs is 1. The van der Waals surface area contributed by atoms with Crippen LogP contribution in [0.25, 0.3) is 10.9 Å². The number of hydrogen-bond acceptors (Lipinski definition) is 5. The molecule has 0 radical (unpaired) electrons. The summed E-state index contributed by atoms with van der Waals surface area (Å²) in [6.45, 7) is 0.406. The Bertz CT molecular complexity index is 1080. The summed E-state index contributed by atoms with van der Waals surface area (Å²) in [5, 5.41) is 8.72. The van der Waals surface area contributed by atoms with Crippen molar-refractivity contribution < 1.29 is 17.9 Å². The second-order valence-electron chi connectivity index (χ2n) is 5.98. The molecule has 0 aliphatic rings. The van der Waals surface area contributed by atoms with E-state index in [-0.39, 0.29) is 10.8 Å². The molecule has 1 amide bonds. The van der Waals surface area contributed by atoms with E-state index >= 15 is 0 Å². The first-order valence-corrected chi connectivity index (χ1v) is 9.75. The molecule has 0 fully saturated rings. The zero-order chi connectivity index (χ0) is 19.4. The zero-order valence-corrected chi connectivity index (χ0v) is 15.5. The first kappa shape index (κ1) is 18.8. The van der Waals surface area contributed by atoms with Crippen molar-refractivity contribution in [1.82, 2.24) is 10.3 Å². The minimum atomic E-state index is -3.70. The Hall–Kier alpha value is -2.97. The summed E-state index contributed by atoms with van der Waals surface area (Å²) in [5.41, 5.74) is 2.13. The van der Waals surface area contributed by atoms with Gasteiger partial charge in [0.2, 0.25) is 10.0 Å². The average molecular weight is 385 g/mol. The number of pyridine rings is 1. The topological polar surface area (TPSA) is 111 Å². The number of nitrogens with two attached hydrogens (primary N) is 1. The Morgan fingerprint density at radius 2 is 1.89 bits per heavy atom. The van der Waals surface area contributed by atoms with E-state index in [0.29, 0.717) is 24.3 Å². The summed E-state index contributed by atoms with van der Waals surface area (Å²) in [6, 6.07) is 13.5. The smallest absolute Gasteiger partial charge is 0.252 e. The maximum Gasteiger partial charge on any atom is 0.252 e. The van der Waals surface area contributed by atoms with E-state index in [2.05, 4.69) is 10.3 Å². The number of carbonyl (C=O) groups excluding carboxylic acids is 1. The van der Waals surface area contributed by atoms with Crippen molar-refractivity contribution in [2.75, 3.05) is 13.7 Å². The molecule has 0 saturated carbocycles. The fourth-order valence-corrected chi connectivity index (χ4v) is 3.14. The van der Waals surface area contributed by atoms with E-state index < -0.39 is 10.0 Å². The van der Waals surface area contributed by atoms with Crippen LogP contribution >= 0.6 is 0 Å². The molecular weight excluding hydrogens is 366 g/mol. The summed E-state index contributed by atoms with van der Waals surface area (Å²) in [6.07, 6.45) is 2.09. The molecule has 2 aromatic carbocycles. The molecule has 0 spiro atoms. The average Bonchev–Trinajstić information content (AvgIpc) is 2.66. The number of nitrogens with zero attached hydrogens (tertiary/aromatic N) is 1. The van der Waals surface area contributed by atoms with Crippen molar-refractivity contribution in [3.05, 3.63) is 65.9 Å². The van der Waals surface area contributed by atoms with E-state index in [0.717, 1.165) is 16.5 Å². The highest BCUT2D eigenvalue weighted by Crippen LogP contribution is 2.20. The van der Waals surface area contributed by atoms with Crippen LogP contribution in [0.3, 0.4) is 0 Å². The molecule has 0 unspecified atom stereocenters. The van der Waals surface area contributed by atoms with E-state index in [1.165, 1.54) is 18.3 Å². The van der Waals surface area contributed by atoms with Crippen molar-refractivity contribution in [1.29, 1.82) is 0 Å². The number of sulfonamides is 1. The summed E-state index contributed by atoms with van der Waals surface area (Å²) >= 11 is 0. The summed E-state index contributed by atoms with van der Waals surface area (Å²) < 4.78 is 27.7. The quantitative estimate of drug-likeness (QED) is 0.673. The number of methoxy groups -OCH3 is 1. The molecule has 3 aromatic rings. The molecule has 0 saturated heterocycles. The maximum atomic E-state index is 12.3. The number of rotatable bonds is 6. The van der Waals surface area contributed by atoms with E-state index in [1.807, 2.05) is 18.2 Å². The third kappa shape index (κ3) is 4.60. The summed E-state index contributed by atoms with van der Waals surface area (Å²) in [5.74, 6) is 0.471. The molecular formula is C19H19N3O4S. The Morgan fingerprint density at radius 3 is 2.56 bits per heavy atom. The van der Waals surface area contributed by atoms with Crippen LogP contribution in [0.5, 0.6) is 5.75 Å². The van der Waals surface area contributed by atoms with Crippen LogP contribution in [0.1, 0.15) is 15.9 Å². The lowest BCUT2D eigenvalue weighted by atomic mass is 10.1. The van der Waals surface area contributed by atoms with Gasteiger partial charge in [-0.1, -0.05) is 12.1 Å². The molecule has 3 N–H and O–H groups in total. The van der Waals surface area contributed by atoms with Crippen molar-refractivity contribution in [3.63, 3.8) is 0 Å². The predicted molar refractivity (Wildman–Crippen MR) is 102 cm³/mol. The monoisotopic (exact) mass is 385 g/mol. The largest absolute Gasteiger partial charge is 0.497 e. The normalized spacial score (nSPS) is 11.3. The van der Waals surface area contributed by atoms with Crippen molar-refractivity contribution >= 4 is 26.8 Å². The third-order valence-corrected chi connectivity index (χ3v) is 5.03. The van der Waals surface area contributed by atoms with Gasteiger partial charge in [-0.3, -0.25) is 9.78 Å². The van der Waals surface area contributed by atoms with E-state index in [4.69, 9.17) is 9.88 Å². The fourth-order valence-electron chi connectivity index (χ4n) is 2.63. The van der Waals surface area contributed by atoms with Crippen molar-refractivity contribution in [3.8, 4) is 5.75 Å². The van der Waals surface area contributed by atoms with Gasteiger partial charge in [-0.05, 0) is 48.4 Å². The van der Waals surface area contributed by atoms with E-state index in [1.54, 1.807) is 25.3 Å². The Balaban J connectivity index is 1.63. The fraction of sp³-hybridized carbons (Fsp3) is 0.158. The molecule has 0 aliphatic heterocycles. The summed E-state index contributed by atoms with van der Waals surface area (Å²) in [4.78, 5) is 16.7. The molecule has 1 aromatic heterocycles. The number of amides is 1. The Kier molecular flexibility index (Phi) is 5.38. The van der Waals surface area contributed by atoms with Gasteiger partial charge in [0, 0.05) is 18.1 Å². The molecule has 7 nitrogen and oxygen atoms in total. The highest BCUT2D eigenvalue weighted by Gasteiger charge is 2.09. The maximum absolute atomic E-state index is 12.3. The molecule has 1 heterocycles. The molecule has 27 heavy (non-hydrogen) atoms. The Labute approximate surface area is 157 Å². The second kappa shape index (κ2) is 7.73. The van der Waals surface area contributed by atoms with Crippen LogP contribution in [0.2, 0.25) is 0 Å². The van der Waals surface area contributed by atoms with Gasteiger partial charge in [-0.25, -0.2) is 13.6 Å². The molecule has 3 rings (SSSR count). The number of benzene rings is 2. The first-order chi connectivity index (χ1) is 12.9. The molecule has 0 atom stereocenters. The summed E-state index contributed by atoms with van der Waals surface area (Å²) in [7, 11) is -2.11. The van der Waals surface area contributed by atoms with E-state index in [9.17, 15) is 13.2 Å². The molecule has 0 bridgehead atoms. The SMILES string of the molecule is COc1ccc2ncc(C(=O)NCCc3ccc(S(N)(=O)=O)cc3)cc2c1. The number of carbonyl (C=O) groups is 1. The highest BCUT2D eigenvalue weighted by molar-refractivity contribution is 7.89. The second-order valence-corrected chi connectivity index (χ2v) is 7.54.